The molecule has 10 nitrogen and oxygen atoms in total. The number of anilines is 1. The van der Waals surface area contributed by atoms with Crippen molar-refractivity contribution < 1.29 is 9.90 Å². The van der Waals surface area contributed by atoms with Crippen LogP contribution in [0.1, 0.15) is 16.8 Å². The van der Waals surface area contributed by atoms with E-state index in [-0.39, 0.29) is 5.91 Å². The van der Waals surface area contributed by atoms with Gasteiger partial charge in [0.1, 0.15) is 17.2 Å². The number of nitrogens with one attached hydrogen (secondary N) is 1. The summed E-state index contributed by atoms with van der Waals surface area (Å²) in [6, 6.07) is 12.2. The van der Waals surface area contributed by atoms with Gasteiger partial charge in [-0.05, 0) is 36.8 Å². The van der Waals surface area contributed by atoms with Crippen LogP contribution >= 0.6 is 11.6 Å². The molecule has 6 rings (SSSR count). The number of pyridine rings is 2. The zero-order valence-electron chi connectivity index (χ0n) is 21.1. The number of amides is 1. The number of hydrogen-bond acceptors (Lipinski definition) is 8. The van der Waals surface area contributed by atoms with Gasteiger partial charge in [0.05, 0.1) is 52.5 Å². The van der Waals surface area contributed by atoms with Gasteiger partial charge in [-0.1, -0.05) is 23.7 Å². The first-order chi connectivity index (χ1) is 19.0. The zero-order chi connectivity index (χ0) is 26.9. The molecule has 2 atom stereocenters. The Morgan fingerprint density at radius 3 is 2.69 bits per heavy atom. The number of rotatable bonds is 5. The molecule has 11 heteroatoms. The van der Waals surface area contributed by atoms with Crippen molar-refractivity contribution in [3.63, 3.8) is 0 Å². The van der Waals surface area contributed by atoms with E-state index >= 15 is 0 Å². The predicted molar refractivity (Wildman–Crippen MR) is 148 cm³/mol. The van der Waals surface area contributed by atoms with Gasteiger partial charge in [-0.2, -0.15) is 5.10 Å². The number of fused-ring (bicyclic) bond motifs is 1. The summed E-state index contributed by atoms with van der Waals surface area (Å²) in [5.74, 6) is 0.338. The molecule has 1 amide bonds. The number of carbonyl (C=O) groups is 1. The Morgan fingerprint density at radius 2 is 1.95 bits per heavy atom. The van der Waals surface area contributed by atoms with E-state index in [9.17, 15) is 9.90 Å². The number of nitrogens with zero attached hydrogens (tertiary/aromatic N) is 7. The fraction of sp³-hybridized carbons (Fsp3) is 0.214. The summed E-state index contributed by atoms with van der Waals surface area (Å²) in [5.41, 5.74) is 4.12. The average Bonchev–Trinajstić information content (AvgIpc) is 3.40. The van der Waals surface area contributed by atoms with Crippen molar-refractivity contribution in [2.75, 3.05) is 18.0 Å². The third-order valence-corrected chi connectivity index (χ3v) is 7.15. The Labute approximate surface area is 229 Å². The summed E-state index contributed by atoms with van der Waals surface area (Å²) in [4.78, 5) is 33.3. The molecule has 1 saturated heterocycles. The van der Waals surface area contributed by atoms with Crippen LogP contribution in [-0.2, 0) is 7.05 Å². The number of aliphatic hydroxyl groups is 1. The molecule has 1 fully saturated rings. The monoisotopic (exact) mass is 540 g/mol. The second kappa shape index (κ2) is 10.4. The van der Waals surface area contributed by atoms with Crippen LogP contribution in [0.15, 0.2) is 73.4 Å². The van der Waals surface area contributed by atoms with Gasteiger partial charge in [-0.3, -0.25) is 14.5 Å². The number of benzene rings is 1. The molecule has 39 heavy (non-hydrogen) atoms. The van der Waals surface area contributed by atoms with Gasteiger partial charge in [-0.25, -0.2) is 15.0 Å². The molecule has 0 aliphatic carbocycles. The fourth-order valence-corrected chi connectivity index (χ4v) is 5.00. The van der Waals surface area contributed by atoms with Crippen molar-refractivity contribution in [1.82, 2.24) is 35.0 Å². The maximum atomic E-state index is 12.7. The average molecular weight is 541 g/mol. The Hall–Kier alpha value is -4.41. The Balaban J connectivity index is 1.20. The van der Waals surface area contributed by atoms with Gasteiger partial charge in [0.25, 0.3) is 5.91 Å². The molecule has 4 aromatic heterocycles. The van der Waals surface area contributed by atoms with Gasteiger partial charge in [0, 0.05) is 43.5 Å². The minimum absolute atomic E-state index is 0.301. The number of β-amino-alcohol motifs (C(OH)–C–C–N with tert-alkyl or cyclic N) is 1. The van der Waals surface area contributed by atoms with Crippen LogP contribution in [0.2, 0.25) is 5.02 Å². The van der Waals surface area contributed by atoms with Gasteiger partial charge >= 0.3 is 0 Å². The molecule has 5 aromatic rings. The van der Waals surface area contributed by atoms with Crippen LogP contribution in [0.5, 0.6) is 0 Å². The van der Waals surface area contributed by atoms with Crippen LogP contribution in [0.3, 0.4) is 0 Å². The fourth-order valence-electron chi connectivity index (χ4n) is 4.78. The molecule has 1 aromatic carbocycles. The van der Waals surface area contributed by atoms with Crippen LogP contribution in [0, 0.1) is 0 Å². The van der Waals surface area contributed by atoms with E-state index < -0.39 is 12.1 Å². The van der Waals surface area contributed by atoms with Crippen molar-refractivity contribution in [3.8, 4) is 22.6 Å². The summed E-state index contributed by atoms with van der Waals surface area (Å²) in [6.45, 7) is 0.906. The lowest BCUT2D eigenvalue weighted by molar-refractivity contribution is 0.0797. The number of hydrogen-bond donors (Lipinski definition) is 2. The normalized spacial score (nSPS) is 17.4. The van der Waals surface area contributed by atoms with Crippen LogP contribution in [-0.4, -0.2) is 66.0 Å². The third-order valence-electron chi connectivity index (χ3n) is 6.82. The van der Waals surface area contributed by atoms with E-state index in [1.807, 2.05) is 36.3 Å². The summed E-state index contributed by atoms with van der Waals surface area (Å²) in [7, 11) is 1.86. The van der Waals surface area contributed by atoms with Crippen LogP contribution < -0.4 is 10.2 Å². The SMILES string of the molecule is Cn1cc(-c2cc3ncccc3c(-c3cnc(N4CC[C@H](NC(=O)c5ccccc5Cl)[C@@H](O)C4)cn3)n2)cn1. The number of aryl methyl sites for hydroxylation is 1. The van der Waals surface area contributed by atoms with Crippen molar-refractivity contribution in [2.24, 2.45) is 7.05 Å². The van der Waals surface area contributed by atoms with E-state index in [4.69, 9.17) is 16.6 Å². The first kappa shape index (κ1) is 24.9. The Bertz CT molecular complexity index is 1660. The number of aliphatic hydroxyl groups excluding tert-OH is 1. The highest BCUT2D eigenvalue weighted by Crippen LogP contribution is 2.29. The van der Waals surface area contributed by atoms with Gasteiger partial charge < -0.3 is 15.3 Å². The molecule has 196 valence electrons. The zero-order valence-corrected chi connectivity index (χ0v) is 21.8. The van der Waals surface area contributed by atoms with E-state index in [1.54, 1.807) is 53.7 Å². The molecule has 0 radical (unpaired) electrons. The molecule has 2 N–H and O–H groups in total. The Morgan fingerprint density at radius 1 is 1.08 bits per heavy atom. The smallest absolute Gasteiger partial charge is 0.253 e. The molecule has 0 bridgehead atoms. The maximum Gasteiger partial charge on any atom is 0.253 e. The van der Waals surface area contributed by atoms with Gasteiger partial charge in [0.15, 0.2) is 0 Å². The number of halogens is 1. The van der Waals surface area contributed by atoms with Gasteiger partial charge in [0.2, 0.25) is 0 Å². The van der Waals surface area contributed by atoms with E-state index in [1.165, 1.54) is 0 Å². The topological polar surface area (TPSA) is 122 Å². The van der Waals surface area contributed by atoms with Crippen molar-refractivity contribution >= 4 is 34.2 Å². The molecule has 0 spiro atoms. The summed E-state index contributed by atoms with van der Waals surface area (Å²) < 4.78 is 1.73. The van der Waals surface area contributed by atoms with E-state index in [2.05, 4.69) is 25.4 Å². The minimum atomic E-state index is -0.778. The molecule has 0 saturated carbocycles. The molecular weight excluding hydrogens is 516 g/mol. The summed E-state index contributed by atoms with van der Waals surface area (Å²) in [5, 5.41) is 19.2. The number of aromatic nitrogens is 6. The largest absolute Gasteiger partial charge is 0.389 e. The quantitative estimate of drug-likeness (QED) is 0.347. The predicted octanol–water partition coefficient (Wildman–Crippen LogP) is 3.51. The molecular formula is C28H25ClN8O2. The highest BCUT2D eigenvalue weighted by atomic mass is 35.5. The lowest BCUT2D eigenvalue weighted by Crippen LogP contribution is -2.54. The highest BCUT2D eigenvalue weighted by molar-refractivity contribution is 6.33. The molecule has 0 unspecified atom stereocenters. The van der Waals surface area contributed by atoms with Crippen LogP contribution in [0.4, 0.5) is 5.82 Å². The Kier molecular flexibility index (Phi) is 6.64. The second-order valence-electron chi connectivity index (χ2n) is 9.45. The molecule has 5 heterocycles. The minimum Gasteiger partial charge on any atom is -0.389 e. The van der Waals surface area contributed by atoms with E-state index in [0.717, 1.165) is 22.2 Å². The van der Waals surface area contributed by atoms with Crippen molar-refractivity contribution in [3.05, 3.63) is 84.0 Å². The van der Waals surface area contributed by atoms with Gasteiger partial charge in [-0.15, -0.1) is 0 Å². The molecule has 1 aliphatic heterocycles. The standard InChI is InChI=1S/C28H25ClN8O2/c1-36-15-17(12-33-36)22-11-23-19(6-4-9-30-23)27(34-22)24-13-32-26(14-31-24)37-10-8-21(25(38)16-37)35-28(39)18-5-2-3-7-20(18)29/h2-7,9,11-15,21,25,38H,8,10,16H2,1H3,(H,35,39)/t21-,25-/m0/s1. The van der Waals surface area contributed by atoms with E-state index in [0.29, 0.717) is 47.3 Å². The van der Waals surface area contributed by atoms with Crippen LogP contribution in [0.25, 0.3) is 33.5 Å². The lowest BCUT2D eigenvalue weighted by atomic mass is 10.0. The summed E-state index contributed by atoms with van der Waals surface area (Å²) in [6.07, 6.45) is 8.56. The first-order valence-corrected chi connectivity index (χ1v) is 12.9. The lowest BCUT2D eigenvalue weighted by Gasteiger charge is -2.36. The highest BCUT2D eigenvalue weighted by Gasteiger charge is 2.30. The maximum absolute atomic E-state index is 12.7. The number of carbonyl (C=O) groups excluding carboxylic acids is 1. The van der Waals surface area contributed by atoms with Crippen molar-refractivity contribution in [1.29, 1.82) is 0 Å². The number of piperidine rings is 1. The third kappa shape index (κ3) is 5.04. The first-order valence-electron chi connectivity index (χ1n) is 12.5. The molecule has 1 aliphatic rings. The van der Waals surface area contributed by atoms with Crippen molar-refractivity contribution in [2.45, 2.75) is 18.6 Å². The second-order valence-corrected chi connectivity index (χ2v) is 9.86. The summed E-state index contributed by atoms with van der Waals surface area (Å²) >= 11 is 6.15.